The van der Waals surface area contributed by atoms with Crippen LogP contribution in [0.4, 0.5) is 11.5 Å². The molecule has 0 saturated carbocycles. The van der Waals surface area contributed by atoms with Gasteiger partial charge in [0, 0.05) is 11.9 Å². The lowest BCUT2D eigenvalue weighted by Gasteiger charge is -2.11. The van der Waals surface area contributed by atoms with Gasteiger partial charge in [-0.3, -0.25) is 0 Å². The zero-order valence-electron chi connectivity index (χ0n) is 11.3. The van der Waals surface area contributed by atoms with E-state index in [0.717, 1.165) is 11.4 Å². The molecular formula is C15H16N2O3. The molecule has 0 aliphatic carbocycles. The number of aromatic nitrogens is 1. The maximum absolute atomic E-state index is 10.9. The van der Waals surface area contributed by atoms with Crippen molar-refractivity contribution in [3.63, 3.8) is 0 Å². The molecule has 0 radical (unpaired) electrons. The summed E-state index contributed by atoms with van der Waals surface area (Å²) in [4.78, 5) is 15.0. The SMILES string of the molecule is CC(C)Oc1ccc(Nc2cc(C(=O)O)ccn2)cc1. The fourth-order valence-electron chi connectivity index (χ4n) is 1.67. The Morgan fingerprint density at radius 2 is 1.95 bits per heavy atom. The van der Waals surface area contributed by atoms with E-state index in [1.807, 2.05) is 38.1 Å². The summed E-state index contributed by atoms with van der Waals surface area (Å²) in [7, 11) is 0. The summed E-state index contributed by atoms with van der Waals surface area (Å²) in [6.45, 7) is 3.93. The van der Waals surface area contributed by atoms with Crippen LogP contribution in [0.5, 0.6) is 5.75 Å². The van der Waals surface area contributed by atoms with Crippen molar-refractivity contribution in [2.45, 2.75) is 20.0 Å². The van der Waals surface area contributed by atoms with Gasteiger partial charge in [0.2, 0.25) is 0 Å². The highest BCUT2D eigenvalue weighted by Crippen LogP contribution is 2.20. The van der Waals surface area contributed by atoms with Crippen LogP contribution in [0.25, 0.3) is 0 Å². The average molecular weight is 272 g/mol. The molecule has 2 rings (SSSR count). The molecule has 0 amide bonds. The lowest BCUT2D eigenvalue weighted by atomic mass is 10.2. The van der Waals surface area contributed by atoms with E-state index in [4.69, 9.17) is 9.84 Å². The number of aromatic carboxylic acids is 1. The summed E-state index contributed by atoms with van der Waals surface area (Å²) in [6, 6.07) is 10.3. The first kappa shape index (κ1) is 13.9. The third-order valence-corrected chi connectivity index (χ3v) is 2.51. The molecule has 1 aromatic heterocycles. The molecule has 1 aromatic carbocycles. The highest BCUT2D eigenvalue weighted by molar-refractivity contribution is 5.88. The fraction of sp³-hybridized carbons (Fsp3) is 0.200. The Morgan fingerprint density at radius 1 is 1.25 bits per heavy atom. The van der Waals surface area contributed by atoms with Crippen LogP contribution < -0.4 is 10.1 Å². The summed E-state index contributed by atoms with van der Waals surface area (Å²) in [6.07, 6.45) is 1.59. The fourth-order valence-corrected chi connectivity index (χ4v) is 1.67. The summed E-state index contributed by atoms with van der Waals surface area (Å²) in [5, 5.41) is 12.0. The molecule has 0 aliphatic rings. The Morgan fingerprint density at radius 3 is 2.55 bits per heavy atom. The maximum atomic E-state index is 10.9. The topological polar surface area (TPSA) is 71.5 Å². The van der Waals surface area contributed by atoms with E-state index in [-0.39, 0.29) is 11.7 Å². The van der Waals surface area contributed by atoms with Crippen molar-refractivity contribution in [2.24, 2.45) is 0 Å². The Hall–Kier alpha value is -2.56. The first-order valence-electron chi connectivity index (χ1n) is 6.27. The average Bonchev–Trinajstić information content (AvgIpc) is 2.41. The Kier molecular flexibility index (Phi) is 4.20. The van der Waals surface area contributed by atoms with Crippen molar-refractivity contribution in [1.82, 2.24) is 4.98 Å². The normalized spacial score (nSPS) is 10.3. The number of pyridine rings is 1. The Bertz CT molecular complexity index is 594. The van der Waals surface area contributed by atoms with Gasteiger partial charge in [-0.15, -0.1) is 0 Å². The van der Waals surface area contributed by atoms with Crippen molar-refractivity contribution in [2.75, 3.05) is 5.32 Å². The lowest BCUT2D eigenvalue weighted by molar-refractivity contribution is 0.0697. The molecule has 0 saturated heterocycles. The van der Waals surface area contributed by atoms with E-state index in [9.17, 15) is 4.79 Å². The largest absolute Gasteiger partial charge is 0.491 e. The van der Waals surface area contributed by atoms with Gasteiger partial charge in [-0.1, -0.05) is 0 Å². The number of hydrogen-bond donors (Lipinski definition) is 2. The molecule has 0 fully saturated rings. The summed E-state index contributed by atoms with van der Waals surface area (Å²) >= 11 is 0. The number of carboxylic acids is 1. The number of nitrogens with zero attached hydrogens (tertiary/aromatic N) is 1. The zero-order valence-corrected chi connectivity index (χ0v) is 11.3. The van der Waals surface area contributed by atoms with Crippen molar-refractivity contribution >= 4 is 17.5 Å². The lowest BCUT2D eigenvalue weighted by Crippen LogP contribution is -2.05. The third-order valence-electron chi connectivity index (χ3n) is 2.51. The first-order chi connectivity index (χ1) is 9.54. The quantitative estimate of drug-likeness (QED) is 0.873. The van der Waals surface area contributed by atoms with Crippen LogP contribution >= 0.6 is 0 Å². The molecular weight excluding hydrogens is 256 g/mol. The Labute approximate surface area is 117 Å². The number of nitrogens with one attached hydrogen (secondary N) is 1. The maximum Gasteiger partial charge on any atom is 0.335 e. The minimum Gasteiger partial charge on any atom is -0.491 e. The van der Waals surface area contributed by atoms with Crippen LogP contribution in [0.3, 0.4) is 0 Å². The van der Waals surface area contributed by atoms with E-state index in [2.05, 4.69) is 10.3 Å². The number of anilines is 2. The van der Waals surface area contributed by atoms with Gasteiger partial charge >= 0.3 is 5.97 Å². The zero-order chi connectivity index (χ0) is 14.5. The van der Waals surface area contributed by atoms with Crippen LogP contribution in [0.2, 0.25) is 0 Å². The molecule has 1 heterocycles. The van der Waals surface area contributed by atoms with Gasteiger partial charge in [0.15, 0.2) is 0 Å². The van der Waals surface area contributed by atoms with E-state index in [1.165, 1.54) is 18.3 Å². The number of benzene rings is 1. The van der Waals surface area contributed by atoms with E-state index in [1.54, 1.807) is 0 Å². The van der Waals surface area contributed by atoms with Gasteiger partial charge in [-0.2, -0.15) is 0 Å². The van der Waals surface area contributed by atoms with Crippen LogP contribution in [0, 0.1) is 0 Å². The summed E-state index contributed by atoms with van der Waals surface area (Å²) in [5.41, 5.74) is 1.01. The minimum atomic E-state index is -0.976. The predicted molar refractivity (Wildman–Crippen MR) is 76.7 cm³/mol. The van der Waals surface area contributed by atoms with Crippen molar-refractivity contribution in [3.8, 4) is 5.75 Å². The molecule has 0 aliphatic heterocycles. The number of hydrogen-bond acceptors (Lipinski definition) is 4. The van der Waals surface area contributed by atoms with Crippen molar-refractivity contribution < 1.29 is 14.6 Å². The summed E-state index contributed by atoms with van der Waals surface area (Å²) in [5.74, 6) is 0.302. The van der Waals surface area contributed by atoms with Crippen molar-refractivity contribution in [3.05, 3.63) is 48.2 Å². The molecule has 20 heavy (non-hydrogen) atoms. The van der Waals surface area contributed by atoms with Crippen LogP contribution in [0.15, 0.2) is 42.6 Å². The molecule has 5 heteroatoms. The van der Waals surface area contributed by atoms with Gasteiger partial charge < -0.3 is 15.2 Å². The smallest absolute Gasteiger partial charge is 0.335 e. The molecule has 0 unspecified atom stereocenters. The molecule has 2 N–H and O–H groups in total. The van der Waals surface area contributed by atoms with Gasteiger partial charge in [0.25, 0.3) is 0 Å². The Balaban J connectivity index is 2.10. The summed E-state index contributed by atoms with van der Waals surface area (Å²) < 4.78 is 5.55. The second-order valence-corrected chi connectivity index (χ2v) is 4.55. The number of rotatable bonds is 5. The molecule has 5 nitrogen and oxygen atoms in total. The van der Waals surface area contributed by atoms with E-state index >= 15 is 0 Å². The molecule has 0 spiro atoms. The highest BCUT2D eigenvalue weighted by Gasteiger charge is 2.04. The second-order valence-electron chi connectivity index (χ2n) is 4.55. The third kappa shape index (κ3) is 3.71. The predicted octanol–water partition coefficient (Wildman–Crippen LogP) is 3.31. The monoisotopic (exact) mass is 272 g/mol. The minimum absolute atomic E-state index is 0.128. The van der Waals surface area contributed by atoms with Crippen LogP contribution in [0.1, 0.15) is 24.2 Å². The van der Waals surface area contributed by atoms with Crippen molar-refractivity contribution in [1.29, 1.82) is 0 Å². The standard InChI is InChI=1S/C15H16N2O3/c1-10(2)20-13-5-3-12(4-6-13)17-14-9-11(15(18)19)7-8-16-14/h3-10H,1-2H3,(H,16,17)(H,18,19). The number of carbonyl (C=O) groups is 1. The second kappa shape index (κ2) is 6.06. The van der Waals surface area contributed by atoms with E-state index < -0.39 is 5.97 Å². The van der Waals surface area contributed by atoms with Gasteiger partial charge in [-0.05, 0) is 50.2 Å². The van der Waals surface area contributed by atoms with Crippen LogP contribution in [-0.4, -0.2) is 22.2 Å². The molecule has 0 atom stereocenters. The molecule has 2 aromatic rings. The van der Waals surface area contributed by atoms with E-state index in [0.29, 0.717) is 5.82 Å². The van der Waals surface area contributed by atoms with Gasteiger partial charge in [0.05, 0.1) is 11.7 Å². The van der Waals surface area contributed by atoms with Gasteiger partial charge in [-0.25, -0.2) is 9.78 Å². The highest BCUT2D eigenvalue weighted by atomic mass is 16.5. The molecule has 0 bridgehead atoms. The number of ether oxygens (including phenoxy) is 1. The van der Waals surface area contributed by atoms with Gasteiger partial charge in [0.1, 0.15) is 11.6 Å². The molecule has 104 valence electrons. The number of carboxylic acid groups (broad SMARTS) is 1. The first-order valence-corrected chi connectivity index (χ1v) is 6.27. The van der Waals surface area contributed by atoms with Crippen LogP contribution in [-0.2, 0) is 0 Å².